The van der Waals surface area contributed by atoms with Gasteiger partial charge in [0.1, 0.15) is 5.82 Å². The summed E-state index contributed by atoms with van der Waals surface area (Å²) < 4.78 is 13.6. The minimum absolute atomic E-state index is 0.0319. The molecule has 0 amide bonds. The standard InChI is InChI=1S/C12H16FNO2/c1-7(2)9-4-3-8(5-11(9)13)10(6-14)12(15)16/h3-5,7,10H,6,14H2,1-2H3,(H,15,16). The van der Waals surface area contributed by atoms with Crippen LogP contribution in [0.5, 0.6) is 0 Å². The van der Waals surface area contributed by atoms with E-state index in [1.54, 1.807) is 12.1 Å². The van der Waals surface area contributed by atoms with Crippen LogP contribution in [-0.2, 0) is 4.79 Å². The lowest BCUT2D eigenvalue weighted by Gasteiger charge is -2.13. The summed E-state index contributed by atoms with van der Waals surface area (Å²) >= 11 is 0. The fourth-order valence-electron chi connectivity index (χ4n) is 1.61. The molecule has 4 heteroatoms. The van der Waals surface area contributed by atoms with Crippen molar-refractivity contribution in [1.82, 2.24) is 0 Å². The van der Waals surface area contributed by atoms with E-state index >= 15 is 0 Å². The predicted octanol–water partition coefficient (Wildman–Crippen LogP) is 2.08. The second-order valence-electron chi connectivity index (χ2n) is 4.06. The number of hydrogen-bond acceptors (Lipinski definition) is 2. The summed E-state index contributed by atoms with van der Waals surface area (Å²) in [4.78, 5) is 10.9. The molecule has 1 atom stereocenters. The zero-order valence-corrected chi connectivity index (χ0v) is 9.40. The molecule has 88 valence electrons. The van der Waals surface area contributed by atoms with E-state index in [0.717, 1.165) is 0 Å². The van der Waals surface area contributed by atoms with Gasteiger partial charge in [0.25, 0.3) is 0 Å². The third-order valence-corrected chi connectivity index (χ3v) is 2.58. The zero-order chi connectivity index (χ0) is 12.3. The smallest absolute Gasteiger partial charge is 0.312 e. The highest BCUT2D eigenvalue weighted by molar-refractivity contribution is 5.76. The highest BCUT2D eigenvalue weighted by Crippen LogP contribution is 2.23. The van der Waals surface area contributed by atoms with E-state index in [0.29, 0.717) is 11.1 Å². The first-order valence-electron chi connectivity index (χ1n) is 5.19. The van der Waals surface area contributed by atoms with Crippen molar-refractivity contribution in [3.63, 3.8) is 0 Å². The number of aliphatic carboxylic acids is 1. The molecule has 0 spiro atoms. The molecule has 0 aromatic heterocycles. The van der Waals surface area contributed by atoms with Gasteiger partial charge in [-0.05, 0) is 23.1 Å². The second-order valence-corrected chi connectivity index (χ2v) is 4.06. The molecule has 0 heterocycles. The molecule has 1 aromatic carbocycles. The van der Waals surface area contributed by atoms with Gasteiger partial charge in [-0.2, -0.15) is 0 Å². The number of carboxylic acid groups (broad SMARTS) is 1. The van der Waals surface area contributed by atoms with Crippen molar-refractivity contribution in [2.45, 2.75) is 25.7 Å². The van der Waals surface area contributed by atoms with E-state index in [9.17, 15) is 9.18 Å². The number of hydrogen-bond donors (Lipinski definition) is 2. The second kappa shape index (κ2) is 5.07. The van der Waals surface area contributed by atoms with Crippen molar-refractivity contribution in [3.05, 3.63) is 35.1 Å². The van der Waals surface area contributed by atoms with Gasteiger partial charge < -0.3 is 10.8 Å². The zero-order valence-electron chi connectivity index (χ0n) is 9.40. The highest BCUT2D eigenvalue weighted by atomic mass is 19.1. The molecule has 0 aliphatic carbocycles. The van der Waals surface area contributed by atoms with Crippen molar-refractivity contribution in [2.24, 2.45) is 5.73 Å². The molecule has 3 nitrogen and oxygen atoms in total. The molecular weight excluding hydrogens is 209 g/mol. The van der Waals surface area contributed by atoms with Crippen molar-refractivity contribution in [1.29, 1.82) is 0 Å². The van der Waals surface area contributed by atoms with Gasteiger partial charge in [0, 0.05) is 6.54 Å². The Morgan fingerprint density at radius 3 is 2.50 bits per heavy atom. The molecular formula is C12H16FNO2. The minimum atomic E-state index is -1.03. The van der Waals surface area contributed by atoms with Gasteiger partial charge in [0.2, 0.25) is 0 Å². The molecule has 16 heavy (non-hydrogen) atoms. The summed E-state index contributed by atoms with van der Waals surface area (Å²) in [6.45, 7) is 3.74. The fourth-order valence-corrected chi connectivity index (χ4v) is 1.61. The number of halogens is 1. The lowest BCUT2D eigenvalue weighted by molar-refractivity contribution is -0.138. The van der Waals surface area contributed by atoms with E-state index in [-0.39, 0.29) is 18.3 Å². The molecule has 0 aliphatic rings. The molecule has 0 saturated carbocycles. The normalized spacial score (nSPS) is 12.8. The third kappa shape index (κ3) is 2.58. The van der Waals surface area contributed by atoms with Gasteiger partial charge in [0.05, 0.1) is 5.92 Å². The SMILES string of the molecule is CC(C)c1ccc(C(CN)C(=O)O)cc1F. The molecule has 1 aromatic rings. The summed E-state index contributed by atoms with van der Waals surface area (Å²) in [5, 5.41) is 8.89. The molecule has 0 fully saturated rings. The van der Waals surface area contributed by atoms with E-state index in [4.69, 9.17) is 10.8 Å². The van der Waals surface area contributed by atoms with Gasteiger partial charge in [-0.15, -0.1) is 0 Å². The van der Waals surface area contributed by atoms with Crippen LogP contribution in [0.1, 0.15) is 36.8 Å². The van der Waals surface area contributed by atoms with Crippen LogP contribution < -0.4 is 5.73 Å². The van der Waals surface area contributed by atoms with Crippen molar-refractivity contribution in [2.75, 3.05) is 6.54 Å². The van der Waals surface area contributed by atoms with Crippen molar-refractivity contribution >= 4 is 5.97 Å². The molecule has 0 aliphatic heterocycles. The largest absolute Gasteiger partial charge is 0.481 e. The van der Waals surface area contributed by atoms with Gasteiger partial charge in [0.15, 0.2) is 0 Å². The summed E-state index contributed by atoms with van der Waals surface area (Å²) in [7, 11) is 0. The van der Waals surface area contributed by atoms with Crippen LogP contribution in [0.3, 0.4) is 0 Å². The van der Waals surface area contributed by atoms with Crippen LogP contribution >= 0.6 is 0 Å². The first-order chi connectivity index (χ1) is 7.47. The molecule has 0 saturated heterocycles. The predicted molar refractivity (Wildman–Crippen MR) is 59.9 cm³/mol. The van der Waals surface area contributed by atoms with Crippen LogP contribution in [0.25, 0.3) is 0 Å². The Morgan fingerprint density at radius 1 is 1.50 bits per heavy atom. The monoisotopic (exact) mass is 225 g/mol. The van der Waals surface area contributed by atoms with E-state index < -0.39 is 11.9 Å². The van der Waals surface area contributed by atoms with Gasteiger partial charge in [-0.1, -0.05) is 26.0 Å². The Bertz CT molecular complexity index is 391. The maximum Gasteiger partial charge on any atom is 0.312 e. The van der Waals surface area contributed by atoms with E-state index in [1.165, 1.54) is 6.07 Å². The third-order valence-electron chi connectivity index (χ3n) is 2.58. The number of carboxylic acids is 1. The minimum Gasteiger partial charge on any atom is -0.481 e. The summed E-state index contributed by atoms with van der Waals surface area (Å²) in [6, 6.07) is 4.52. The lowest BCUT2D eigenvalue weighted by atomic mass is 9.95. The molecule has 0 radical (unpaired) electrons. The Hall–Kier alpha value is -1.42. The Kier molecular flexibility index (Phi) is 4.01. The van der Waals surface area contributed by atoms with Crippen molar-refractivity contribution in [3.8, 4) is 0 Å². The number of rotatable bonds is 4. The van der Waals surface area contributed by atoms with Gasteiger partial charge in [-0.25, -0.2) is 4.39 Å². The molecule has 1 unspecified atom stereocenters. The number of carbonyl (C=O) groups is 1. The van der Waals surface area contributed by atoms with Crippen molar-refractivity contribution < 1.29 is 14.3 Å². The van der Waals surface area contributed by atoms with Crippen LogP contribution in [0, 0.1) is 5.82 Å². The Balaban J connectivity index is 3.09. The highest BCUT2D eigenvalue weighted by Gasteiger charge is 2.19. The average molecular weight is 225 g/mol. The number of nitrogens with two attached hydrogens (primary N) is 1. The lowest BCUT2D eigenvalue weighted by Crippen LogP contribution is -2.21. The maximum absolute atomic E-state index is 13.6. The Morgan fingerprint density at radius 2 is 2.12 bits per heavy atom. The molecule has 1 rings (SSSR count). The van der Waals surface area contributed by atoms with Crippen LogP contribution in [0.2, 0.25) is 0 Å². The van der Waals surface area contributed by atoms with E-state index in [2.05, 4.69) is 0 Å². The summed E-state index contributed by atoms with van der Waals surface area (Å²) in [5.74, 6) is -2.16. The quantitative estimate of drug-likeness (QED) is 0.824. The summed E-state index contributed by atoms with van der Waals surface area (Å²) in [5.41, 5.74) is 6.35. The van der Waals surface area contributed by atoms with Gasteiger partial charge in [-0.3, -0.25) is 4.79 Å². The average Bonchev–Trinajstić information content (AvgIpc) is 2.17. The first kappa shape index (κ1) is 12.6. The summed E-state index contributed by atoms with van der Waals surface area (Å²) in [6.07, 6.45) is 0. The number of benzene rings is 1. The van der Waals surface area contributed by atoms with Gasteiger partial charge >= 0.3 is 5.97 Å². The van der Waals surface area contributed by atoms with Crippen LogP contribution in [-0.4, -0.2) is 17.6 Å². The fraction of sp³-hybridized carbons (Fsp3) is 0.417. The molecule has 0 bridgehead atoms. The first-order valence-corrected chi connectivity index (χ1v) is 5.19. The van der Waals surface area contributed by atoms with Crippen LogP contribution in [0.15, 0.2) is 18.2 Å². The Labute approximate surface area is 94.1 Å². The van der Waals surface area contributed by atoms with Crippen LogP contribution in [0.4, 0.5) is 4.39 Å². The molecule has 3 N–H and O–H groups in total. The maximum atomic E-state index is 13.6. The topological polar surface area (TPSA) is 63.3 Å². The van der Waals surface area contributed by atoms with E-state index in [1.807, 2.05) is 13.8 Å².